The highest BCUT2D eigenvalue weighted by molar-refractivity contribution is 5.44. The fourth-order valence-electron chi connectivity index (χ4n) is 2.12. The van der Waals surface area contributed by atoms with E-state index in [4.69, 9.17) is 10.5 Å². The maximum Gasteiger partial charge on any atom is 0.126 e. The molecule has 2 heteroatoms. The summed E-state index contributed by atoms with van der Waals surface area (Å²) in [5, 5.41) is 0. The average Bonchev–Trinajstić information content (AvgIpc) is 2.59. The molecule has 0 aliphatic carbocycles. The van der Waals surface area contributed by atoms with E-state index < -0.39 is 0 Å². The maximum atomic E-state index is 5.84. The lowest BCUT2D eigenvalue weighted by atomic mass is 9.98. The summed E-state index contributed by atoms with van der Waals surface area (Å²) in [6, 6.07) is 6.44. The van der Waals surface area contributed by atoms with Gasteiger partial charge in [-0.15, -0.1) is 0 Å². The maximum absolute atomic E-state index is 5.84. The topological polar surface area (TPSA) is 35.2 Å². The number of nitrogens with two attached hydrogens (primary N) is 1. The molecule has 0 aromatic heterocycles. The monoisotopic (exact) mass is 205 g/mol. The Hall–Kier alpha value is -1.02. The molecule has 0 saturated carbocycles. The molecule has 1 heterocycles. The number of benzene rings is 1. The van der Waals surface area contributed by atoms with Gasteiger partial charge < -0.3 is 10.5 Å². The van der Waals surface area contributed by atoms with E-state index in [0.717, 1.165) is 25.1 Å². The molecule has 0 bridgehead atoms. The Morgan fingerprint density at radius 2 is 2.33 bits per heavy atom. The zero-order chi connectivity index (χ0) is 10.8. The third-order valence-corrected chi connectivity index (χ3v) is 2.98. The van der Waals surface area contributed by atoms with Crippen molar-refractivity contribution in [2.75, 3.05) is 6.54 Å². The number of ether oxygens (including phenoxy) is 1. The molecular formula is C13H19NO. The Kier molecular flexibility index (Phi) is 2.96. The van der Waals surface area contributed by atoms with Crippen molar-refractivity contribution in [1.29, 1.82) is 0 Å². The van der Waals surface area contributed by atoms with E-state index in [1.165, 1.54) is 11.1 Å². The van der Waals surface area contributed by atoms with E-state index >= 15 is 0 Å². The quantitative estimate of drug-likeness (QED) is 0.820. The van der Waals surface area contributed by atoms with Gasteiger partial charge in [-0.2, -0.15) is 0 Å². The van der Waals surface area contributed by atoms with Crippen LogP contribution in [0.3, 0.4) is 0 Å². The van der Waals surface area contributed by atoms with Gasteiger partial charge in [-0.3, -0.25) is 0 Å². The predicted octanol–water partition coefficient (Wildman–Crippen LogP) is 2.15. The second-order valence-corrected chi connectivity index (χ2v) is 4.58. The molecule has 0 fully saturated rings. The van der Waals surface area contributed by atoms with Crippen LogP contribution >= 0.6 is 0 Å². The molecule has 1 aromatic rings. The highest BCUT2D eigenvalue weighted by Crippen LogP contribution is 2.33. The van der Waals surface area contributed by atoms with Gasteiger partial charge >= 0.3 is 0 Å². The van der Waals surface area contributed by atoms with Gasteiger partial charge in [0.1, 0.15) is 11.9 Å². The average molecular weight is 205 g/mol. The van der Waals surface area contributed by atoms with Gasteiger partial charge in [0.2, 0.25) is 0 Å². The molecule has 2 N–H and O–H groups in total. The van der Waals surface area contributed by atoms with Crippen LogP contribution in [0.4, 0.5) is 0 Å². The van der Waals surface area contributed by atoms with Crippen LogP contribution in [0.5, 0.6) is 5.75 Å². The van der Waals surface area contributed by atoms with E-state index in [-0.39, 0.29) is 0 Å². The zero-order valence-electron chi connectivity index (χ0n) is 9.49. The molecule has 1 aromatic carbocycles. The van der Waals surface area contributed by atoms with E-state index in [2.05, 4.69) is 32.0 Å². The van der Waals surface area contributed by atoms with Gasteiger partial charge in [0.25, 0.3) is 0 Å². The van der Waals surface area contributed by atoms with Gasteiger partial charge in [-0.25, -0.2) is 0 Å². The van der Waals surface area contributed by atoms with Crippen molar-refractivity contribution in [3.63, 3.8) is 0 Å². The van der Waals surface area contributed by atoms with Crippen molar-refractivity contribution in [3.8, 4) is 5.75 Å². The van der Waals surface area contributed by atoms with E-state index in [0.29, 0.717) is 12.0 Å². The highest BCUT2D eigenvalue weighted by atomic mass is 16.5. The fraction of sp³-hybridized carbons (Fsp3) is 0.538. The molecule has 0 saturated heterocycles. The minimum atomic E-state index is 0.328. The lowest BCUT2D eigenvalue weighted by molar-refractivity contribution is 0.252. The molecule has 0 radical (unpaired) electrons. The van der Waals surface area contributed by atoms with Crippen LogP contribution in [0.2, 0.25) is 0 Å². The molecule has 2 rings (SSSR count). The van der Waals surface area contributed by atoms with Crippen LogP contribution in [-0.2, 0) is 12.8 Å². The van der Waals surface area contributed by atoms with Crippen LogP contribution in [0, 0.1) is 5.92 Å². The van der Waals surface area contributed by atoms with E-state index in [9.17, 15) is 0 Å². The normalized spacial score (nSPS) is 20.9. The molecular weight excluding hydrogens is 186 g/mol. The lowest BCUT2D eigenvalue weighted by Crippen LogP contribution is -2.13. The van der Waals surface area contributed by atoms with Crippen LogP contribution in [0.15, 0.2) is 18.2 Å². The summed E-state index contributed by atoms with van der Waals surface area (Å²) in [5.41, 5.74) is 8.32. The third-order valence-electron chi connectivity index (χ3n) is 2.98. The number of hydrogen-bond acceptors (Lipinski definition) is 2. The predicted molar refractivity (Wildman–Crippen MR) is 62.2 cm³/mol. The van der Waals surface area contributed by atoms with Crippen molar-refractivity contribution < 1.29 is 4.74 Å². The summed E-state index contributed by atoms with van der Waals surface area (Å²) < 4.78 is 5.84. The Morgan fingerprint density at radius 3 is 3.07 bits per heavy atom. The zero-order valence-corrected chi connectivity index (χ0v) is 9.49. The molecule has 0 amide bonds. The fourth-order valence-corrected chi connectivity index (χ4v) is 2.12. The minimum Gasteiger partial charge on any atom is -0.490 e. The molecule has 15 heavy (non-hydrogen) atoms. The summed E-state index contributed by atoms with van der Waals surface area (Å²) in [5.74, 6) is 1.64. The molecule has 0 spiro atoms. The van der Waals surface area contributed by atoms with Crippen LogP contribution < -0.4 is 10.5 Å². The van der Waals surface area contributed by atoms with Crippen molar-refractivity contribution >= 4 is 0 Å². The first kappa shape index (κ1) is 10.5. The second kappa shape index (κ2) is 4.23. The SMILES string of the molecule is CC(CN)Cc1cccc2c1OC(C)C2. The van der Waals surface area contributed by atoms with Gasteiger partial charge in [0, 0.05) is 6.42 Å². The van der Waals surface area contributed by atoms with Crippen molar-refractivity contribution in [2.24, 2.45) is 11.7 Å². The van der Waals surface area contributed by atoms with Crippen LogP contribution in [-0.4, -0.2) is 12.6 Å². The Bertz CT molecular complexity index is 348. The Morgan fingerprint density at radius 1 is 1.53 bits per heavy atom. The van der Waals surface area contributed by atoms with Crippen LogP contribution in [0.1, 0.15) is 25.0 Å². The first-order valence-corrected chi connectivity index (χ1v) is 5.68. The summed E-state index contributed by atoms with van der Waals surface area (Å²) in [4.78, 5) is 0. The third kappa shape index (κ3) is 2.15. The van der Waals surface area contributed by atoms with Crippen molar-refractivity contribution in [1.82, 2.24) is 0 Å². The summed E-state index contributed by atoms with van der Waals surface area (Å²) >= 11 is 0. The highest BCUT2D eigenvalue weighted by Gasteiger charge is 2.21. The van der Waals surface area contributed by atoms with Gasteiger partial charge in [0.15, 0.2) is 0 Å². The largest absolute Gasteiger partial charge is 0.490 e. The van der Waals surface area contributed by atoms with Crippen molar-refractivity contribution in [2.45, 2.75) is 32.8 Å². The first-order chi connectivity index (χ1) is 7.20. The van der Waals surface area contributed by atoms with Gasteiger partial charge in [-0.1, -0.05) is 25.1 Å². The summed E-state index contributed by atoms with van der Waals surface area (Å²) in [6.45, 7) is 5.03. The molecule has 2 nitrogen and oxygen atoms in total. The minimum absolute atomic E-state index is 0.328. The van der Waals surface area contributed by atoms with Gasteiger partial charge in [0.05, 0.1) is 0 Å². The number of fused-ring (bicyclic) bond motifs is 1. The van der Waals surface area contributed by atoms with E-state index in [1.54, 1.807) is 0 Å². The van der Waals surface area contributed by atoms with Gasteiger partial charge in [-0.05, 0) is 36.9 Å². The molecule has 1 aliphatic rings. The number of para-hydroxylation sites is 1. The smallest absolute Gasteiger partial charge is 0.126 e. The van der Waals surface area contributed by atoms with Crippen molar-refractivity contribution in [3.05, 3.63) is 29.3 Å². The van der Waals surface area contributed by atoms with Crippen LogP contribution in [0.25, 0.3) is 0 Å². The molecule has 82 valence electrons. The van der Waals surface area contributed by atoms with E-state index in [1.807, 2.05) is 0 Å². The standard InChI is InChI=1S/C13H19NO/c1-9(8-14)6-11-4-3-5-12-7-10(2)15-13(11)12/h3-5,9-10H,6-8,14H2,1-2H3. The Labute approximate surface area is 91.4 Å². The second-order valence-electron chi connectivity index (χ2n) is 4.58. The number of rotatable bonds is 3. The summed E-state index contributed by atoms with van der Waals surface area (Å²) in [6.07, 6.45) is 2.39. The summed E-state index contributed by atoms with van der Waals surface area (Å²) in [7, 11) is 0. The number of hydrogen-bond donors (Lipinski definition) is 1. The molecule has 1 aliphatic heterocycles. The lowest BCUT2D eigenvalue weighted by Gasteiger charge is -2.12. The first-order valence-electron chi connectivity index (χ1n) is 5.68. The Balaban J connectivity index is 2.23. The molecule has 2 atom stereocenters. The molecule has 2 unspecified atom stereocenters.